The van der Waals surface area contributed by atoms with Gasteiger partial charge in [0.15, 0.2) is 0 Å². The summed E-state index contributed by atoms with van der Waals surface area (Å²) in [6.45, 7) is 2.89. The van der Waals surface area contributed by atoms with Crippen LogP contribution in [-0.2, 0) is 13.1 Å². The number of para-hydroxylation sites is 1. The third kappa shape index (κ3) is 3.00. The molecule has 1 unspecified atom stereocenters. The predicted octanol–water partition coefficient (Wildman–Crippen LogP) is 2.05. The van der Waals surface area contributed by atoms with Crippen molar-refractivity contribution < 1.29 is 9.52 Å². The van der Waals surface area contributed by atoms with Gasteiger partial charge in [-0.3, -0.25) is 4.90 Å². The van der Waals surface area contributed by atoms with Crippen LogP contribution in [0.3, 0.4) is 0 Å². The zero-order valence-electron chi connectivity index (χ0n) is 12.9. The number of hydrogen-bond acceptors (Lipinski definition) is 5. The van der Waals surface area contributed by atoms with Crippen molar-refractivity contribution in [1.82, 2.24) is 19.9 Å². The SMILES string of the molecule is OC1(Cn2ccnn2)CCCN(Cc2coc3ccccc23)C1. The first-order valence-corrected chi connectivity index (χ1v) is 7.96. The lowest BCUT2D eigenvalue weighted by Crippen LogP contribution is -2.50. The Morgan fingerprint density at radius 2 is 2.22 bits per heavy atom. The molecule has 1 saturated heterocycles. The van der Waals surface area contributed by atoms with Gasteiger partial charge in [-0.25, -0.2) is 4.68 Å². The van der Waals surface area contributed by atoms with Crippen LogP contribution >= 0.6 is 0 Å². The molecule has 6 heteroatoms. The van der Waals surface area contributed by atoms with Gasteiger partial charge in [0.25, 0.3) is 0 Å². The van der Waals surface area contributed by atoms with Crippen LogP contribution in [-0.4, -0.2) is 43.7 Å². The van der Waals surface area contributed by atoms with Crippen molar-refractivity contribution in [2.45, 2.75) is 31.5 Å². The van der Waals surface area contributed by atoms with Crippen LogP contribution in [0.5, 0.6) is 0 Å². The van der Waals surface area contributed by atoms with Gasteiger partial charge in [-0.1, -0.05) is 23.4 Å². The van der Waals surface area contributed by atoms with Crippen molar-refractivity contribution in [1.29, 1.82) is 0 Å². The zero-order valence-corrected chi connectivity index (χ0v) is 12.9. The van der Waals surface area contributed by atoms with E-state index in [2.05, 4.69) is 21.3 Å². The van der Waals surface area contributed by atoms with Crippen molar-refractivity contribution in [2.24, 2.45) is 0 Å². The largest absolute Gasteiger partial charge is 0.464 e. The Bertz CT molecular complexity index is 783. The standard InChI is InChI=1S/C17H20N4O2/c22-17(13-21-9-7-18-19-21)6-3-8-20(12-17)10-14-11-23-16-5-2-1-4-15(14)16/h1-2,4-5,7,9,11,22H,3,6,8,10,12-13H2. The second-order valence-corrected chi connectivity index (χ2v) is 6.40. The fraction of sp³-hybridized carbons (Fsp3) is 0.412. The molecule has 3 aromatic rings. The van der Waals surface area contributed by atoms with E-state index in [1.165, 1.54) is 5.56 Å². The average molecular weight is 312 g/mol. The fourth-order valence-electron chi connectivity index (χ4n) is 3.48. The minimum absolute atomic E-state index is 0.482. The monoisotopic (exact) mass is 312 g/mol. The number of fused-ring (bicyclic) bond motifs is 1. The maximum absolute atomic E-state index is 10.9. The molecular formula is C17H20N4O2. The predicted molar refractivity (Wildman–Crippen MR) is 85.7 cm³/mol. The molecule has 0 spiro atoms. The van der Waals surface area contributed by atoms with Gasteiger partial charge in [-0.05, 0) is 25.5 Å². The van der Waals surface area contributed by atoms with E-state index in [0.717, 1.165) is 36.9 Å². The molecule has 3 heterocycles. The summed E-state index contributed by atoms with van der Waals surface area (Å²) in [5.74, 6) is 0. The number of furan rings is 1. The molecule has 1 aliphatic rings. The molecule has 1 fully saturated rings. The van der Waals surface area contributed by atoms with E-state index in [4.69, 9.17) is 4.42 Å². The number of nitrogens with zero attached hydrogens (tertiary/aromatic N) is 4. The van der Waals surface area contributed by atoms with Crippen LogP contribution in [0.2, 0.25) is 0 Å². The number of aliphatic hydroxyl groups is 1. The number of aromatic nitrogens is 3. The zero-order chi connectivity index (χ0) is 15.7. The van der Waals surface area contributed by atoms with Crippen molar-refractivity contribution in [3.05, 3.63) is 48.5 Å². The van der Waals surface area contributed by atoms with Crippen molar-refractivity contribution in [3.63, 3.8) is 0 Å². The fourth-order valence-corrected chi connectivity index (χ4v) is 3.48. The summed E-state index contributed by atoms with van der Waals surface area (Å²) in [5, 5.41) is 19.8. The van der Waals surface area contributed by atoms with E-state index in [9.17, 15) is 5.11 Å². The summed E-state index contributed by atoms with van der Waals surface area (Å²) in [7, 11) is 0. The van der Waals surface area contributed by atoms with E-state index < -0.39 is 5.60 Å². The van der Waals surface area contributed by atoms with Crippen LogP contribution < -0.4 is 0 Å². The summed E-state index contributed by atoms with van der Waals surface area (Å²) < 4.78 is 7.32. The molecule has 6 nitrogen and oxygen atoms in total. The smallest absolute Gasteiger partial charge is 0.134 e. The number of likely N-dealkylation sites (tertiary alicyclic amines) is 1. The van der Waals surface area contributed by atoms with Crippen LogP contribution in [0.25, 0.3) is 11.0 Å². The molecule has 1 N–H and O–H groups in total. The van der Waals surface area contributed by atoms with Gasteiger partial charge >= 0.3 is 0 Å². The summed E-state index contributed by atoms with van der Waals surface area (Å²) in [4.78, 5) is 2.29. The number of β-amino-alcohol motifs (C(OH)–C–C–N with tert-alkyl or cyclic N) is 1. The third-order valence-corrected chi connectivity index (χ3v) is 4.52. The first-order valence-electron chi connectivity index (χ1n) is 7.96. The molecular weight excluding hydrogens is 292 g/mol. The Kier molecular flexibility index (Phi) is 3.63. The second-order valence-electron chi connectivity index (χ2n) is 6.40. The summed E-state index contributed by atoms with van der Waals surface area (Å²) in [6.07, 6.45) is 7.02. The molecule has 0 bridgehead atoms. The lowest BCUT2D eigenvalue weighted by Gasteiger charge is -2.38. The summed E-state index contributed by atoms with van der Waals surface area (Å²) >= 11 is 0. The van der Waals surface area contributed by atoms with Gasteiger partial charge in [0.2, 0.25) is 0 Å². The van der Waals surface area contributed by atoms with E-state index in [0.29, 0.717) is 13.1 Å². The van der Waals surface area contributed by atoms with Gasteiger partial charge < -0.3 is 9.52 Å². The Labute approximate surface area is 134 Å². The number of hydrogen-bond donors (Lipinski definition) is 1. The molecule has 23 heavy (non-hydrogen) atoms. The minimum Gasteiger partial charge on any atom is -0.464 e. The maximum Gasteiger partial charge on any atom is 0.134 e. The lowest BCUT2D eigenvalue weighted by atomic mass is 9.92. The molecule has 1 atom stereocenters. The van der Waals surface area contributed by atoms with Gasteiger partial charge in [0.05, 0.1) is 24.6 Å². The van der Waals surface area contributed by atoms with Crippen molar-refractivity contribution in [2.75, 3.05) is 13.1 Å². The molecule has 1 aromatic carbocycles. The van der Waals surface area contributed by atoms with Crippen molar-refractivity contribution >= 4 is 11.0 Å². The minimum atomic E-state index is -0.758. The highest BCUT2D eigenvalue weighted by Gasteiger charge is 2.34. The average Bonchev–Trinajstić information content (AvgIpc) is 3.17. The first-order chi connectivity index (χ1) is 11.2. The normalized spacial score (nSPS) is 22.7. The van der Waals surface area contributed by atoms with E-state index in [1.807, 2.05) is 24.5 Å². The quantitative estimate of drug-likeness (QED) is 0.798. The highest BCUT2D eigenvalue weighted by Crippen LogP contribution is 2.27. The van der Waals surface area contributed by atoms with Gasteiger partial charge in [-0.15, -0.1) is 5.10 Å². The first kappa shape index (κ1) is 14.4. The molecule has 4 rings (SSSR count). The van der Waals surface area contributed by atoms with Crippen LogP contribution in [0.1, 0.15) is 18.4 Å². The molecule has 1 aliphatic heterocycles. The van der Waals surface area contributed by atoms with Gasteiger partial charge in [-0.2, -0.15) is 0 Å². The number of rotatable bonds is 4. The highest BCUT2D eigenvalue weighted by molar-refractivity contribution is 5.80. The van der Waals surface area contributed by atoms with E-state index in [1.54, 1.807) is 17.1 Å². The summed E-state index contributed by atoms with van der Waals surface area (Å²) in [6, 6.07) is 8.07. The molecule has 120 valence electrons. The molecule has 0 radical (unpaired) electrons. The van der Waals surface area contributed by atoms with Crippen LogP contribution in [0.15, 0.2) is 47.3 Å². The topological polar surface area (TPSA) is 67.3 Å². The Balaban J connectivity index is 1.49. The van der Waals surface area contributed by atoms with E-state index in [-0.39, 0.29) is 0 Å². The molecule has 0 amide bonds. The van der Waals surface area contributed by atoms with Crippen molar-refractivity contribution in [3.8, 4) is 0 Å². The Morgan fingerprint density at radius 1 is 1.30 bits per heavy atom. The van der Waals surface area contributed by atoms with Crippen LogP contribution in [0.4, 0.5) is 0 Å². The third-order valence-electron chi connectivity index (χ3n) is 4.52. The number of piperidine rings is 1. The highest BCUT2D eigenvalue weighted by atomic mass is 16.3. The van der Waals surface area contributed by atoms with Gasteiger partial charge in [0.1, 0.15) is 5.58 Å². The lowest BCUT2D eigenvalue weighted by molar-refractivity contribution is -0.0478. The van der Waals surface area contributed by atoms with Gasteiger partial charge in [0, 0.05) is 30.2 Å². The second kappa shape index (κ2) is 5.79. The molecule has 2 aromatic heterocycles. The maximum atomic E-state index is 10.9. The number of benzene rings is 1. The molecule has 0 saturated carbocycles. The van der Waals surface area contributed by atoms with E-state index >= 15 is 0 Å². The molecule has 0 aliphatic carbocycles. The summed E-state index contributed by atoms with van der Waals surface area (Å²) in [5.41, 5.74) is 1.33. The Morgan fingerprint density at radius 3 is 3.09 bits per heavy atom. The Hall–Kier alpha value is -2.18. The van der Waals surface area contributed by atoms with Crippen LogP contribution in [0, 0.1) is 0 Å².